The fraction of sp³-hybridized carbons (Fsp3) is 0.350. The van der Waals surface area contributed by atoms with E-state index in [4.69, 9.17) is 4.74 Å². The van der Waals surface area contributed by atoms with Crippen molar-refractivity contribution in [3.63, 3.8) is 0 Å². The maximum absolute atomic E-state index is 13.1. The van der Waals surface area contributed by atoms with Gasteiger partial charge in [-0.1, -0.05) is 12.1 Å². The highest BCUT2D eigenvalue weighted by molar-refractivity contribution is 5.97. The maximum atomic E-state index is 13.1. The summed E-state index contributed by atoms with van der Waals surface area (Å²) in [5.74, 6) is 0.883. The Morgan fingerprint density at radius 1 is 1.35 bits per heavy atom. The van der Waals surface area contributed by atoms with Gasteiger partial charge in [0, 0.05) is 23.8 Å². The monoisotopic (exact) mass is 350 g/mol. The van der Waals surface area contributed by atoms with Gasteiger partial charge in [-0.15, -0.1) is 0 Å². The molecule has 6 nitrogen and oxygen atoms in total. The van der Waals surface area contributed by atoms with E-state index in [0.717, 1.165) is 41.8 Å². The molecule has 1 amide bonds. The van der Waals surface area contributed by atoms with Gasteiger partial charge in [0.05, 0.1) is 18.2 Å². The minimum absolute atomic E-state index is 0.0244. The van der Waals surface area contributed by atoms with Crippen molar-refractivity contribution < 1.29 is 9.53 Å². The summed E-state index contributed by atoms with van der Waals surface area (Å²) in [6.45, 7) is 5.32. The lowest BCUT2D eigenvalue weighted by molar-refractivity contribution is 0.0735. The van der Waals surface area contributed by atoms with Gasteiger partial charge >= 0.3 is 0 Å². The van der Waals surface area contributed by atoms with Gasteiger partial charge in [0.15, 0.2) is 5.65 Å². The lowest BCUT2D eigenvalue weighted by atomic mass is 10.0. The van der Waals surface area contributed by atoms with Crippen LogP contribution < -0.4 is 4.74 Å². The van der Waals surface area contributed by atoms with Crippen LogP contribution in [0.2, 0.25) is 0 Å². The molecule has 0 unspecified atom stereocenters. The largest absolute Gasteiger partial charge is 0.494 e. The molecule has 0 saturated carbocycles. The minimum atomic E-state index is 0.0244. The molecule has 1 atom stereocenters. The first-order valence-electron chi connectivity index (χ1n) is 9.02. The second kappa shape index (κ2) is 6.78. The van der Waals surface area contributed by atoms with E-state index in [-0.39, 0.29) is 11.9 Å². The van der Waals surface area contributed by atoms with Crippen LogP contribution in [0.15, 0.2) is 36.5 Å². The Morgan fingerprint density at radius 2 is 2.15 bits per heavy atom. The summed E-state index contributed by atoms with van der Waals surface area (Å²) in [7, 11) is 0. The van der Waals surface area contributed by atoms with Gasteiger partial charge < -0.3 is 9.64 Å². The number of nitrogens with zero attached hydrogens (tertiary/aromatic N) is 3. The van der Waals surface area contributed by atoms with Gasteiger partial charge in [-0.2, -0.15) is 5.10 Å². The van der Waals surface area contributed by atoms with Crippen molar-refractivity contribution in [1.82, 2.24) is 20.1 Å². The number of nitrogens with one attached hydrogen (secondary N) is 1. The third kappa shape index (κ3) is 2.92. The second-order valence-electron chi connectivity index (χ2n) is 6.60. The number of rotatable bonds is 4. The molecule has 0 spiro atoms. The number of amides is 1. The topological polar surface area (TPSA) is 71.1 Å². The fourth-order valence-corrected chi connectivity index (χ4v) is 3.61. The molecule has 26 heavy (non-hydrogen) atoms. The van der Waals surface area contributed by atoms with Crippen LogP contribution in [-0.4, -0.2) is 39.1 Å². The molecule has 6 heteroatoms. The number of fused-ring (bicyclic) bond motifs is 1. The Morgan fingerprint density at radius 3 is 2.92 bits per heavy atom. The quantitative estimate of drug-likeness (QED) is 0.780. The van der Waals surface area contributed by atoms with Crippen LogP contribution in [0, 0.1) is 6.92 Å². The van der Waals surface area contributed by atoms with Gasteiger partial charge in [-0.05, 0) is 50.5 Å². The van der Waals surface area contributed by atoms with Gasteiger partial charge in [0.25, 0.3) is 5.91 Å². The van der Waals surface area contributed by atoms with Gasteiger partial charge in [0.2, 0.25) is 0 Å². The van der Waals surface area contributed by atoms with Crippen molar-refractivity contribution in [3.05, 3.63) is 53.3 Å². The van der Waals surface area contributed by atoms with E-state index in [1.165, 1.54) is 0 Å². The number of benzene rings is 1. The van der Waals surface area contributed by atoms with E-state index < -0.39 is 0 Å². The third-order valence-corrected chi connectivity index (χ3v) is 4.94. The Bertz CT molecular complexity index is 933. The zero-order valence-corrected chi connectivity index (χ0v) is 15.0. The van der Waals surface area contributed by atoms with Gasteiger partial charge in [-0.3, -0.25) is 9.89 Å². The van der Waals surface area contributed by atoms with Crippen molar-refractivity contribution in [3.8, 4) is 5.75 Å². The average Bonchev–Trinajstić information content (AvgIpc) is 3.29. The zero-order chi connectivity index (χ0) is 18.1. The van der Waals surface area contributed by atoms with Gasteiger partial charge in [-0.25, -0.2) is 4.98 Å². The van der Waals surface area contributed by atoms with Crippen molar-refractivity contribution in [2.75, 3.05) is 13.2 Å². The minimum Gasteiger partial charge on any atom is -0.494 e. The number of carbonyl (C=O) groups excluding carboxylic acids is 1. The van der Waals surface area contributed by atoms with Crippen LogP contribution in [0.3, 0.4) is 0 Å². The smallest absolute Gasteiger partial charge is 0.255 e. The molecule has 0 radical (unpaired) electrons. The number of H-pyrrole nitrogens is 1. The van der Waals surface area contributed by atoms with Crippen LogP contribution in [0.5, 0.6) is 5.75 Å². The molecule has 0 aliphatic carbocycles. The lowest BCUT2D eigenvalue weighted by Gasteiger charge is -2.25. The highest BCUT2D eigenvalue weighted by atomic mass is 16.5. The van der Waals surface area contributed by atoms with Gasteiger partial charge in [0.1, 0.15) is 5.75 Å². The van der Waals surface area contributed by atoms with E-state index in [2.05, 4.69) is 27.3 Å². The molecule has 0 bridgehead atoms. The molecule has 1 aliphatic heterocycles. The standard InChI is InChI=1S/C20H22N4O2/c1-3-26-16-8-6-14(7-9-16)18-5-4-10-24(18)20(25)15-11-17-13(2)22-23-19(17)21-12-15/h6-9,11-12,18H,3-5,10H2,1-2H3,(H,21,22,23)/t18-/m0/s1. The first kappa shape index (κ1) is 16.6. The summed E-state index contributed by atoms with van der Waals surface area (Å²) in [6.07, 6.45) is 3.60. The number of hydrogen-bond acceptors (Lipinski definition) is 4. The average molecular weight is 350 g/mol. The Kier molecular flexibility index (Phi) is 4.32. The predicted octanol–water partition coefficient (Wildman–Crippen LogP) is 3.64. The zero-order valence-electron chi connectivity index (χ0n) is 15.0. The van der Waals surface area contributed by atoms with E-state index in [0.29, 0.717) is 17.8 Å². The number of pyridine rings is 1. The Labute approximate surface area is 152 Å². The van der Waals surface area contributed by atoms with Crippen molar-refractivity contribution in [2.24, 2.45) is 0 Å². The third-order valence-electron chi connectivity index (χ3n) is 4.94. The molecular weight excluding hydrogens is 328 g/mol. The molecule has 134 valence electrons. The molecule has 3 heterocycles. The molecule has 1 aliphatic rings. The number of likely N-dealkylation sites (tertiary alicyclic amines) is 1. The van der Waals surface area contributed by atoms with Crippen molar-refractivity contribution >= 4 is 16.9 Å². The van der Waals surface area contributed by atoms with E-state index in [1.807, 2.05) is 36.9 Å². The van der Waals surface area contributed by atoms with E-state index in [9.17, 15) is 4.79 Å². The Hall–Kier alpha value is -2.89. The normalized spacial score (nSPS) is 17.0. The molecule has 1 N–H and O–H groups in total. The van der Waals surface area contributed by atoms with Crippen LogP contribution in [0.1, 0.15) is 47.4 Å². The van der Waals surface area contributed by atoms with E-state index >= 15 is 0 Å². The number of ether oxygens (including phenoxy) is 1. The molecule has 1 aromatic carbocycles. The molecular formula is C20H22N4O2. The summed E-state index contributed by atoms with van der Waals surface area (Å²) in [6, 6.07) is 10.0. The summed E-state index contributed by atoms with van der Waals surface area (Å²) < 4.78 is 5.51. The van der Waals surface area contributed by atoms with Crippen molar-refractivity contribution in [2.45, 2.75) is 32.7 Å². The molecule has 3 aromatic rings. The summed E-state index contributed by atoms with van der Waals surface area (Å²) >= 11 is 0. The van der Waals surface area contributed by atoms with Crippen LogP contribution in [-0.2, 0) is 0 Å². The first-order valence-corrected chi connectivity index (χ1v) is 9.02. The lowest BCUT2D eigenvalue weighted by Crippen LogP contribution is -2.30. The first-order chi connectivity index (χ1) is 12.7. The van der Waals surface area contributed by atoms with E-state index in [1.54, 1.807) is 6.20 Å². The summed E-state index contributed by atoms with van der Waals surface area (Å²) in [5.41, 5.74) is 3.32. The summed E-state index contributed by atoms with van der Waals surface area (Å²) in [5, 5.41) is 7.94. The highest BCUT2D eigenvalue weighted by Crippen LogP contribution is 2.34. The number of aromatic nitrogens is 3. The number of aromatic amines is 1. The number of aryl methyl sites for hydroxylation is 1. The molecule has 1 fully saturated rings. The fourth-order valence-electron chi connectivity index (χ4n) is 3.61. The molecule has 1 saturated heterocycles. The molecule has 4 rings (SSSR count). The predicted molar refractivity (Wildman–Crippen MR) is 99.2 cm³/mol. The van der Waals surface area contributed by atoms with Crippen molar-refractivity contribution in [1.29, 1.82) is 0 Å². The highest BCUT2D eigenvalue weighted by Gasteiger charge is 2.31. The maximum Gasteiger partial charge on any atom is 0.255 e. The van der Waals surface area contributed by atoms with Crippen LogP contribution in [0.25, 0.3) is 11.0 Å². The summed E-state index contributed by atoms with van der Waals surface area (Å²) in [4.78, 5) is 19.4. The van der Waals surface area contributed by atoms with Crippen LogP contribution in [0.4, 0.5) is 0 Å². The molecule has 2 aromatic heterocycles. The van der Waals surface area contributed by atoms with Crippen LogP contribution >= 0.6 is 0 Å². The number of hydrogen-bond donors (Lipinski definition) is 1. The SMILES string of the molecule is CCOc1ccc([C@@H]2CCCN2C(=O)c2cnc3n[nH]c(C)c3c2)cc1. The number of carbonyl (C=O) groups is 1. The second-order valence-corrected chi connectivity index (χ2v) is 6.60. The Balaban J connectivity index is 1.60.